The number of alkyl halides is 3. The highest BCUT2D eigenvalue weighted by molar-refractivity contribution is 5.74. The summed E-state index contributed by atoms with van der Waals surface area (Å²) in [5.41, 5.74) is 0. The van der Waals surface area contributed by atoms with Crippen LogP contribution in [0.15, 0.2) is 12.2 Å². The zero-order valence-electron chi connectivity index (χ0n) is 11.5. The molecule has 1 heterocycles. The van der Waals surface area contributed by atoms with Crippen LogP contribution in [0.1, 0.15) is 26.2 Å². The van der Waals surface area contributed by atoms with Crippen LogP contribution >= 0.6 is 0 Å². The summed E-state index contributed by atoms with van der Waals surface area (Å²) in [5, 5.41) is 11.9. The second kappa shape index (κ2) is 7.52. The van der Waals surface area contributed by atoms with E-state index in [9.17, 15) is 23.1 Å². The van der Waals surface area contributed by atoms with Crippen molar-refractivity contribution in [3.05, 3.63) is 12.2 Å². The lowest BCUT2D eigenvalue weighted by Gasteiger charge is -2.34. The summed E-state index contributed by atoms with van der Waals surface area (Å²) in [4.78, 5) is 13.2. The Kier molecular flexibility index (Phi) is 6.32. The van der Waals surface area contributed by atoms with Gasteiger partial charge in [0.15, 0.2) is 6.10 Å². The monoisotopic (exact) mass is 294 g/mol. The van der Waals surface area contributed by atoms with Gasteiger partial charge in [0.1, 0.15) is 0 Å². The molecule has 1 aliphatic rings. The Morgan fingerprint density at radius 3 is 2.55 bits per heavy atom. The number of piperidine rings is 1. The number of halogens is 3. The minimum atomic E-state index is -4.58. The molecule has 20 heavy (non-hydrogen) atoms. The molecule has 116 valence electrons. The number of aliphatic hydroxyl groups excluding tert-OH is 1. The minimum absolute atomic E-state index is 0.170. The summed E-state index contributed by atoms with van der Waals surface area (Å²) in [6.07, 6.45) is -2.00. The number of nitrogens with one attached hydrogen (secondary N) is 1. The lowest BCUT2D eigenvalue weighted by molar-refractivity contribution is -0.222. The third-order valence-electron chi connectivity index (χ3n) is 3.43. The zero-order valence-corrected chi connectivity index (χ0v) is 11.5. The lowest BCUT2D eigenvalue weighted by Crippen LogP contribution is -2.48. The van der Waals surface area contributed by atoms with E-state index in [1.165, 1.54) is 4.90 Å². The largest absolute Gasteiger partial charge is 0.414 e. The summed E-state index contributed by atoms with van der Waals surface area (Å²) in [6, 6.07) is -0.255. The van der Waals surface area contributed by atoms with Gasteiger partial charge >= 0.3 is 12.2 Å². The molecule has 1 aliphatic heterocycles. The summed E-state index contributed by atoms with van der Waals surface area (Å²) >= 11 is 0. The minimum Gasteiger partial charge on any atom is -0.383 e. The first kappa shape index (κ1) is 16.8. The highest BCUT2D eigenvalue weighted by Gasteiger charge is 2.44. The van der Waals surface area contributed by atoms with E-state index in [2.05, 4.69) is 5.32 Å². The van der Waals surface area contributed by atoms with Gasteiger partial charge in [-0.2, -0.15) is 13.2 Å². The zero-order chi connectivity index (χ0) is 15.2. The first-order valence-corrected chi connectivity index (χ1v) is 6.75. The first-order valence-electron chi connectivity index (χ1n) is 6.75. The molecule has 0 aromatic rings. The molecule has 0 radical (unpaired) electrons. The van der Waals surface area contributed by atoms with Crippen LogP contribution in [0.25, 0.3) is 0 Å². The van der Waals surface area contributed by atoms with Crippen molar-refractivity contribution < 1.29 is 23.1 Å². The number of hydrogen-bond donors (Lipinski definition) is 2. The number of likely N-dealkylation sites (tertiary alicyclic amines) is 1. The SMILES string of the molecule is C/C=C/CCNC(=O)N1CCC(C(O)C(F)(F)F)CC1. The number of hydrogen-bond acceptors (Lipinski definition) is 2. The topological polar surface area (TPSA) is 52.6 Å². The Labute approximate surface area is 116 Å². The van der Waals surface area contributed by atoms with Crippen LogP contribution in [-0.2, 0) is 0 Å². The van der Waals surface area contributed by atoms with Crippen LogP contribution in [0.4, 0.5) is 18.0 Å². The number of nitrogens with zero attached hydrogens (tertiary/aromatic N) is 1. The Hall–Kier alpha value is -1.24. The van der Waals surface area contributed by atoms with Gasteiger partial charge in [-0.25, -0.2) is 4.79 Å². The number of allylic oxidation sites excluding steroid dienone is 1. The van der Waals surface area contributed by atoms with E-state index in [-0.39, 0.29) is 32.0 Å². The van der Waals surface area contributed by atoms with Crippen molar-refractivity contribution in [1.82, 2.24) is 10.2 Å². The summed E-state index contributed by atoms with van der Waals surface area (Å²) in [5.74, 6) is -0.818. The second-order valence-corrected chi connectivity index (χ2v) is 4.90. The van der Waals surface area contributed by atoms with E-state index in [1.54, 1.807) is 0 Å². The van der Waals surface area contributed by atoms with Gasteiger partial charge in [0, 0.05) is 19.6 Å². The fraction of sp³-hybridized carbons (Fsp3) is 0.769. The van der Waals surface area contributed by atoms with Crippen LogP contribution < -0.4 is 5.32 Å². The molecule has 0 saturated carbocycles. The molecule has 1 fully saturated rings. The molecule has 1 rings (SSSR count). The van der Waals surface area contributed by atoms with Crippen molar-refractivity contribution in [2.75, 3.05) is 19.6 Å². The third-order valence-corrected chi connectivity index (χ3v) is 3.43. The van der Waals surface area contributed by atoms with E-state index in [4.69, 9.17) is 0 Å². The number of urea groups is 1. The molecule has 0 spiro atoms. The molecule has 1 atom stereocenters. The van der Waals surface area contributed by atoms with Gasteiger partial charge in [0.2, 0.25) is 0 Å². The molecule has 0 aromatic heterocycles. The number of amides is 2. The van der Waals surface area contributed by atoms with Crippen LogP contribution in [0.2, 0.25) is 0 Å². The number of carbonyl (C=O) groups excluding carboxylic acids is 1. The Morgan fingerprint density at radius 1 is 1.45 bits per heavy atom. The maximum absolute atomic E-state index is 12.4. The smallest absolute Gasteiger partial charge is 0.383 e. The van der Waals surface area contributed by atoms with Crippen molar-refractivity contribution in [2.45, 2.75) is 38.5 Å². The molecular formula is C13H21F3N2O2. The van der Waals surface area contributed by atoms with Gasteiger partial charge in [0.05, 0.1) is 0 Å². The van der Waals surface area contributed by atoms with E-state index in [0.717, 1.165) is 6.42 Å². The van der Waals surface area contributed by atoms with Crippen LogP contribution in [0.5, 0.6) is 0 Å². The number of aliphatic hydroxyl groups is 1. The molecule has 7 heteroatoms. The van der Waals surface area contributed by atoms with Crippen molar-refractivity contribution in [3.63, 3.8) is 0 Å². The van der Waals surface area contributed by atoms with Crippen molar-refractivity contribution >= 4 is 6.03 Å². The first-order chi connectivity index (χ1) is 9.36. The molecule has 0 aliphatic carbocycles. The third kappa shape index (κ3) is 5.03. The van der Waals surface area contributed by atoms with Crippen molar-refractivity contribution in [2.24, 2.45) is 5.92 Å². The summed E-state index contributed by atoms with van der Waals surface area (Å²) < 4.78 is 37.1. The van der Waals surface area contributed by atoms with Crippen molar-refractivity contribution in [3.8, 4) is 0 Å². The van der Waals surface area contributed by atoms with E-state index in [1.807, 2.05) is 19.1 Å². The quantitative estimate of drug-likeness (QED) is 0.617. The van der Waals surface area contributed by atoms with Gasteiger partial charge in [0.25, 0.3) is 0 Å². The fourth-order valence-corrected chi connectivity index (χ4v) is 2.23. The summed E-state index contributed by atoms with van der Waals surface area (Å²) in [6.45, 7) is 2.88. The van der Waals surface area contributed by atoms with E-state index < -0.39 is 18.2 Å². The fourth-order valence-electron chi connectivity index (χ4n) is 2.23. The highest BCUT2D eigenvalue weighted by Crippen LogP contribution is 2.31. The van der Waals surface area contributed by atoms with Crippen LogP contribution in [0.3, 0.4) is 0 Å². The van der Waals surface area contributed by atoms with Crippen LogP contribution in [-0.4, -0.2) is 48.0 Å². The average Bonchev–Trinajstić information content (AvgIpc) is 2.41. The summed E-state index contributed by atoms with van der Waals surface area (Å²) in [7, 11) is 0. The maximum Gasteiger partial charge on any atom is 0.414 e. The molecule has 2 amide bonds. The molecule has 1 unspecified atom stereocenters. The molecule has 0 bridgehead atoms. The predicted molar refractivity (Wildman–Crippen MR) is 69.2 cm³/mol. The number of carbonyl (C=O) groups is 1. The van der Waals surface area contributed by atoms with E-state index >= 15 is 0 Å². The second-order valence-electron chi connectivity index (χ2n) is 4.90. The van der Waals surface area contributed by atoms with Crippen molar-refractivity contribution in [1.29, 1.82) is 0 Å². The van der Waals surface area contributed by atoms with E-state index in [0.29, 0.717) is 6.54 Å². The maximum atomic E-state index is 12.4. The highest BCUT2D eigenvalue weighted by atomic mass is 19.4. The Bertz CT molecular complexity index is 337. The van der Waals surface area contributed by atoms with Gasteiger partial charge in [-0.1, -0.05) is 12.2 Å². The number of rotatable bonds is 4. The standard InChI is InChI=1S/C13H21F3N2O2/c1-2-3-4-7-17-12(20)18-8-5-10(6-9-18)11(19)13(14,15)16/h2-3,10-11,19H,4-9H2,1H3,(H,17,20)/b3-2+. The molecule has 2 N–H and O–H groups in total. The Morgan fingerprint density at radius 2 is 2.05 bits per heavy atom. The lowest BCUT2D eigenvalue weighted by atomic mass is 9.91. The molecule has 1 saturated heterocycles. The van der Waals surface area contributed by atoms with Gasteiger partial charge < -0.3 is 15.3 Å². The predicted octanol–water partition coefficient (Wildman–Crippen LogP) is 2.30. The van der Waals surface area contributed by atoms with Gasteiger partial charge in [-0.15, -0.1) is 0 Å². The van der Waals surface area contributed by atoms with Crippen LogP contribution in [0, 0.1) is 5.92 Å². The normalized spacial score (nSPS) is 19.4. The molecule has 0 aromatic carbocycles. The average molecular weight is 294 g/mol. The molecular weight excluding hydrogens is 273 g/mol. The Balaban J connectivity index is 2.33. The van der Waals surface area contributed by atoms with Gasteiger partial charge in [-0.05, 0) is 32.1 Å². The molecule has 4 nitrogen and oxygen atoms in total. The van der Waals surface area contributed by atoms with Gasteiger partial charge in [-0.3, -0.25) is 0 Å².